The second-order valence-electron chi connectivity index (χ2n) is 4.21. The molecule has 2 rings (SSSR count). The molecule has 0 atom stereocenters. The Morgan fingerprint density at radius 3 is 2.75 bits per heavy atom. The fraction of sp³-hybridized carbons (Fsp3) is 0.500. The minimum Gasteiger partial charge on any atom is -0.294 e. The molecule has 0 aliphatic heterocycles. The number of aromatic nitrogens is 2. The molecule has 86 valence electrons. The molecule has 0 radical (unpaired) electrons. The molecule has 0 bridgehead atoms. The van der Waals surface area contributed by atoms with Gasteiger partial charge in [-0.1, -0.05) is 6.92 Å². The van der Waals surface area contributed by atoms with Crippen molar-refractivity contribution in [3.8, 4) is 0 Å². The van der Waals surface area contributed by atoms with Crippen molar-refractivity contribution in [2.75, 3.05) is 0 Å². The van der Waals surface area contributed by atoms with Gasteiger partial charge in [0.1, 0.15) is 10.7 Å². The molecule has 0 aromatic carbocycles. The summed E-state index contributed by atoms with van der Waals surface area (Å²) in [5.41, 5.74) is 0.0912. The Morgan fingerprint density at radius 2 is 2.19 bits per heavy atom. The topological polar surface area (TPSA) is 34.9 Å². The lowest BCUT2D eigenvalue weighted by Gasteiger charge is -2.12. The van der Waals surface area contributed by atoms with Crippen molar-refractivity contribution < 1.29 is 0 Å². The lowest BCUT2D eigenvalue weighted by atomic mass is 10.3. The van der Waals surface area contributed by atoms with Crippen molar-refractivity contribution in [3.63, 3.8) is 0 Å². The fourth-order valence-electron chi connectivity index (χ4n) is 1.93. The summed E-state index contributed by atoms with van der Waals surface area (Å²) in [6, 6.07) is 2.14. The predicted octanol–water partition coefficient (Wildman–Crippen LogP) is 2.91. The van der Waals surface area contributed by atoms with Crippen molar-refractivity contribution in [2.24, 2.45) is 0 Å². The van der Waals surface area contributed by atoms with Crippen LogP contribution in [0.2, 0.25) is 0 Å². The van der Waals surface area contributed by atoms with E-state index in [9.17, 15) is 4.79 Å². The Kier molecular flexibility index (Phi) is 2.84. The van der Waals surface area contributed by atoms with Crippen molar-refractivity contribution in [3.05, 3.63) is 27.1 Å². The van der Waals surface area contributed by atoms with Crippen molar-refractivity contribution in [1.29, 1.82) is 0 Å². The zero-order valence-electron chi connectivity index (χ0n) is 10.1. The van der Waals surface area contributed by atoms with Gasteiger partial charge in [-0.3, -0.25) is 9.36 Å². The van der Waals surface area contributed by atoms with Gasteiger partial charge in [0, 0.05) is 10.9 Å². The molecule has 2 aromatic heterocycles. The number of thiophene rings is 1. The van der Waals surface area contributed by atoms with Gasteiger partial charge in [0.2, 0.25) is 0 Å². The molecule has 16 heavy (non-hydrogen) atoms. The van der Waals surface area contributed by atoms with E-state index in [0.717, 1.165) is 22.5 Å². The number of fused-ring (bicyclic) bond motifs is 1. The molecular formula is C12H16N2OS. The molecule has 0 saturated heterocycles. The first-order valence-electron chi connectivity index (χ1n) is 5.56. The van der Waals surface area contributed by atoms with Crippen molar-refractivity contribution >= 4 is 21.6 Å². The number of hydrogen-bond donors (Lipinski definition) is 0. The van der Waals surface area contributed by atoms with Crippen LogP contribution < -0.4 is 5.56 Å². The van der Waals surface area contributed by atoms with E-state index in [4.69, 9.17) is 0 Å². The Labute approximate surface area is 98.8 Å². The zero-order chi connectivity index (χ0) is 11.9. The number of rotatable bonds is 2. The van der Waals surface area contributed by atoms with Gasteiger partial charge in [-0.05, 0) is 33.3 Å². The van der Waals surface area contributed by atoms with E-state index in [1.54, 1.807) is 15.9 Å². The Bertz CT molecular complexity index is 580. The lowest BCUT2D eigenvalue weighted by Crippen LogP contribution is -2.24. The van der Waals surface area contributed by atoms with Crippen molar-refractivity contribution in [2.45, 2.75) is 40.2 Å². The first-order chi connectivity index (χ1) is 7.54. The van der Waals surface area contributed by atoms with Crippen LogP contribution in [0.1, 0.15) is 37.5 Å². The summed E-state index contributed by atoms with van der Waals surface area (Å²) in [5.74, 6) is 0.803. The van der Waals surface area contributed by atoms with Crippen molar-refractivity contribution in [1.82, 2.24) is 9.55 Å². The van der Waals surface area contributed by atoms with Gasteiger partial charge in [-0.25, -0.2) is 4.98 Å². The van der Waals surface area contributed by atoms with Gasteiger partial charge in [-0.15, -0.1) is 11.3 Å². The van der Waals surface area contributed by atoms with E-state index in [2.05, 4.69) is 11.9 Å². The van der Waals surface area contributed by atoms with E-state index in [1.807, 2.05) is 26.8 Å². The smallest absolute Gasteiger partial charge is 0.262 e. The highest BCUT2D eigenvalue weighted by Crippen LogP contribution is 2.22. The van der Waals surface area contributed by atoms with Gasteiger partial charge in [0.25, 0.3) is 5.56 Å². The van der Waals surface area contributed by atoms with Crippen LogP contribution in [0.3, 0.4) is 0 Å². The Hall–Kier alpha value is -1.16. The SMILES string of the molecule is CCc1cc2c(=O)n(C(C)C)c(C)nc2s1. The molecule has 0 aliphatic rings. The highest BCUT2D eigenvalue weighted by atomic mass is 32.1. The summed E-state index contributed by atoms with van der Waals surface area (Å²) in [4.78, 5) is 18.9. The number of aryl methyl sites for hydroxylation is 2. The third-order valence-electron chi connectivity index (χ3n) is 2.69. The van der Waals surface area contributed by atoms with E-state index >= 15 is 0 Å². The monoisotopic (exact) mass is 236 g/mol. The molecule has 0 aliphatic carbocycles. The minimum absolute atomic E-state index is 0.0912. The van der Waals surface area contributed by atoms with Crippen LogP contribution >= 0.6 is 11.3 Å². The maximum absolute atomic E-state index is 12.2. The first kappa shape index (κ1) is 11.3. The van der Waals surface area contributed by atoms with E-state index < -0.39 is 0 Å². The highest BCUT2D eigenvalue weighted by molar-refractivity contribution is 7.18. The van der Waals surface area contributed by atoms with Crippen LogP contribution in [0.5, 0.6) is 0 Å². The van der Waals surface area contributed by atoms with Gasteiger partial charge in [0.15, 0.2) is 0 Å². The molecule has 0 fully saturated rings. The van der Waals surface area contributed by atoms with Crippen LogP contribution in [-0.2, 0) is 6.42 Å². The van der Waals surface area contributed by atoms with Crippen LogP contribution in [0.4, 0.5) is 0 Å². The predicted molar refractivity (Wildman–Crippen MR) is 68.4 cm³/mol. The largest absolute Gasteiger partial charge is 0.294 e. The number of hydrogen-bond acceptors (Lipinski definition) is 3. The maximum Gasteiger partial charge on any atom is 0.262 e. The molecule has 0 spiro atoms. The molecule has 0 saturated carbocycles. The average Bonchev–Trinajstić information content (AvgIpc) is 2.60. The maximum atomic E-state index is 12.2. The first-order valence-corrected chi connectivity index (χ1v) is 6.37. The molecule has 0 amide bonds. The van der Waals surface area contributed by atoms with E-state index in [1.165, 1.54) is 4.88 Å². The molecule has 4 heteroatoms. The second-order valence-corrected chi connectivity index (χ2v) is 5.33. The molecule has 3 nitrogen and oxygen atoms in total. The van der Waals surface area contributed by atoms with Gasteiger partial charge < -0.3 is 0 Å². The molecule has 2 heterocycles. The lowest BCUT2D eigenvalue weighted by molar-refractivity contribution is 0.555. The Balaban J connectivity index is 2.82. The quantitative estimate of drug-likeness (QED) is 0.803. The number of nitrogens with zero attached hydrogens (tertiary/aromatic N) is 2. The third-order valence-corrected chi connectivity index (χ3v) is 3.86. The van der Waals surface area contributed by atoms with E-state index in [0.29, 0.717) is 0 Å². The third kappa shape index (κ3) is 1.67. The second kappa shape index (κ2) is 4.01. The zero-order valence-corrected chi connectivity index (χ0v) is 10.9. The van der Waals surface area contributed by atoms with Gasteiger partial charge >= 0.3 is 0 Å². The Morgan fingerprint density at radius 1 is 1.50 bits per heavy atom. The summed E-state index contributed by atoms with van der Waals surface area (Å²) in [6.07, 6.45) is 0.960. The summed E-state index contributed by atoms with van der Waals surface area (Å²) in [5, 5.41) is 0.765. The molecule has 2 aromatic rings. The normalized spacial score (nSPS) is 11.6. The summed E-state index contributed by atoms with van der Waals surface area (Å²) < 4.78 is 1.76. The standard InChI is InChI=1S/C12H16N2OS/c1-5-9-6-10-11(16-9)13-8(4)14(7(2)3)12(10)15/h6-7H,5H2,1-4H3. The molecular weight excluding hydrogens is 220 g/mol. The summed E-state index contributed by atoms with van der Waals surface area (Å²) in [7, 11) is 0. The van der Waals surface area contributed by atoms with Crippen LogP contribution in [0.25, 0.3) is 10.2 Å². The molecule has 0 N–H and O–H groups in total. The van der Waals surface area contributed by atoms with E-state index in [-0.39, 0.29) is 11.6 Å². The fourth-order valence-corrected chi connectivity index (χ4v) is 2.93. The van der Waals surface area contributed by atoms with Crippen LogP contribution in [0, 0.1) is 6.92 Å². The van der Waals surface area contributed by atoms with Crippen LogP contribution in [-0.4, -0.2) is 9.55 Å². The summed E-state index contributed by atoms with van der Waals surface area (Å²) in [6.45, 7) is 8.01. The highest BCUT2D eigenvalue weighted by Gasteiger charge is 2.12. The van der Waals surface area contributed by atoms with Gasteiger partial charge in [-0.2, -0.15) is 0 Å². The van der Waals surface area contributed by atoms with Gasteiger partial charge in [0.05, 0.1) is 5.39 Å². The summed E-state index contributed by atoms with van der Waals surface area (Å²) >= 11 is 1.62. The molecule has 0 unspecified atom stereocenters. The average molecular weight is 236 g/mol. The van der Waals surface area contributed by atoms with Crippen LogP contribution in [0.15, 0.2) is 10.9 Å². The minimum atomic E-state index is 0.0912.